The molecule has 0 heterocycles. The minimum Gasteiger partial charge on any atom is -0.466 e. The van der Waals surface area contributed by atoms with Gasteiger partial charge in [0.25, 0.3) is 0 Å². The predicted octanol–water partition coefficient (Wildman–Crippen LogP) is 18.2. The van der Waals surface area contributed by atoms with E-state index in [0.717, 1.165) is 44.9 Å². The van der Waals surface area contributed by atoms with Crippen molar-refractivity contribution < 1.29 is 24.5 Å². The number of hydrogen-bond acceptors (Lipinski definition) is 5. The third kappa shape index (κ3) is 51.7. The van der Waals surface area contributed by atoms with E-state index in [9.17, 15) is 19.8 Å². The van der Waals surface area contributed by atoms with E-state index >= 15 is 0 Å². The van der Waals surface area contributed by atoms with E-state index in [1.807, 2.05) is 0 Å². The van der Waals surface area contributed by atoms with Crippen LogP contribution in [0.1, 0.15) is 322 Å². The number of carbonyl (C=O) groups excluding carboxylic acids is 2. The molecule has 0 aliphatic carbocycles. The largest absolute Gasteiger partial charge is 0.466 e. The number of esters is 1. The molecule has 0 rings (SSSR count). The van der Waals surface area contributed by atoms with E-state index in [4.69, 9.17) is 4.74 Å². The third-order valence-electron chi connectivity index (χ3n) is 13.7. The smallest absolute Gasteiger partial charge is 0.305 e. The summed E-state index contributed by atoms with van der Waals surface area (Å²) in [6.07, 6.45) is 67.5. The molecule has 0 fully saturated rings. The first-order valence-electron chi connectivity index (χ1n) is 29.6. The van der Waals surface area contributed by atoms with Crippen molar-refractivity contribution in [3.8, 4) is 0 Å². The molecule has 66 heavy (non-hydrogen) atoms. The minimum atomic E-state index is -0.668. The predicted molar refractivity (Wildman–Crippen MR) is 287 cm³/mol. The van der Waals surface area contributed by atoms with Crippen LogP contribution in [0.25, 0.3) is 0 Å². The van der Waals surface area contributed by atoms with E-state index in [1.54, 1.807) is 0 Å². The second kappa shape index (κ2) is 55.9. The van der Waals surface area contributed by atoms with Crippen molar-refractivity contribution in [1.82, 2.24) is 5.32 Å². The number of hydrogen-bond donors (Lipinski definition) is 3. The molecule has 0 radical (unpaired) electrons. The number of nitrogens with one attached hydrogen (secondary N) is 1. The molecule has 6 nitrogen and oxygen atoms in total. The number of aliphatic hydroxyl groups excluding tert-OH is 2. The van der Waals surface area contributed by atoms with Crippen molar-refractivity contribution in [1.29, 1.82) is 0 Å². The van der Waals surface area contributed by atoms with Crippen molar-refractivity contribution in [3.05, 3.63) is 24.3 Å². The molecule has 0 aromatic rings. The number of ether oxygens (including phenoxy) is 1. The molecule has 6 heteroatoms. The van der Waals surface area contributed by atoms with Crippen LogP contribution in [0.2, 0.25) is 0 Å². The summed E-state index contributed by atoms with van der Waals surface area (Å²) in [5.74, 6) is -0.0407. The van der Waals surface area contributed by atoms with Gasteiger partial charge in [0.15, 0.2) is 0 Å². The average Bonchev–Trinajstić information content (AvgIpc) is 3.32. The summed E-state index contributed by atoms with van der Waals surface area (Å²) in [6, 6.07) is -0.546. The summed E-state index contributed by atoms with van der Waals surface area (Å²) < 4.78 is 5.49. The highest BCUT2D eigenvalue weighted by molar-refractivity contribution is 5.76. The molecule has 2 atom stereocenters. The Kier molecular flexibility index (Phi) is 54.5. The standard InChI is InChI=1S/C60H115NO5/c1-3-5-7-9-11-13-15-16-17-18-24-27-30-34-38-42-46-50-54-60(65)66-55-51-47-43-39-35-31-28-25-22-20-19-21-23-26-29-33-37-41-45-49-53-59(64)61-57(56-62)58(63)52-48-44-40-36-32-14-12-10-8-6-4-2/h17-19,21,57-58,62-63H,3-16,20,22-56H2,1-2H3,(H,61,64)/b18-17-,21-19-. The highest BCUT2D eigenvalue weighted by atomic mass is 16.5. The number of amides is 1. The van der Waals surface area contributed by atoms with Gasteiger partial charge in [0, 0.05) is 12.8 Å². The quantitative estimate of drug-likeness (QED) is 0.0321. The molecule has 0 saturated heterocycles. The summed E-state index contributed by atoms with van der Waals surface area (Å²) in [4.78, 5) is 24.5. The molecule has 0 aliphatic rings. The first-order chi connectivity index (χ1) is 32.5. The number of aliphatic hydroxyl groups is 2. The van der Waals surface area contributed by atoms with Crippen LogP contribution in [0.3, 0.4) is 0 Å². The van der Waals surface area contributed by atoms with Crippen LogP contribution in [0.5, 0.6) is 0 Å². The Labute approximate surface area is 411 Å². The maximum absolute atomic E-state index is 12.4. The number of unbranched alkanes of at least 4 members (excludes halogenated alkanes) is 40. The Bertz CT molecular complexity index is 1030. The van der Waals surface area contributed by atoms with E-state index in [0.29, 0.717) is 25.9 Å². The molecule has 3 N–H and O–H groups in total. The van der Waals surface area contributed by atoms with Crippen LogP contribution in [0.15, 0.2) is 24.3 Å². The number of rotatable bonds is 55. The topological polar surface area (TPSA) is 95.9 Å². The fourth-order valence-electron chi connectivity index (χ4n) is 9.16. The highest BCUT2D eigenvalue weighted by Crippen LogP contribution is 2.17. The number of allylic oxidation sites excluding steroid dienone is 4. The normalized spacial score (nSPS) is 12.7. The highest BCUT2D eigenvalue weighted by Gasteiger charge is 2.20. The van der Waals surface area contributed by atoms with Gasteiger partial charge in [0.05, 0.1) is 25.4 Å². The molecular formula is C60H115NO5. The molecule has 1 amide bonds. The lowest BCUT2D eigenvalue weighted by Crippen LogP contribution is -2.45. The second-order valence-corrected chi connectivity index (χ2v) is 20.3. The van der Waals surface area contributed by atoms with Crippen LogP contribution in [0.4, 0.5) is 0 Å². The lowest BCUT2D eigenvalue weighted by Gasteiger charge is -2.22. The SMILES string of the molecule is CCCCCCCCC/C=C\CCCCCCCCCC(=O)OCCCCCCCCCCC/C=C\CCCCCCCCCC(=O)NC(CO)C(O)CCCCCCCCCCCCC. The molecule has 0 aromatic heterocycles. The van der Waals surface area contributed by atoms with E-state index in [1.165, 1.54) is 244 Å². The first kappa shape index (κ1) is 64.3. The van der Waals surface area contributed by atoms with E-state index in [-0.39, 0.29) is 18.5 Å². The van der Waals surface area contributed by atoms with Gasteiger partial charge in [-0.3, -0.25) is 9.59 Å². The van der Waals surface area contributed by atoms with Crippen LogP contribution < -0.4 is 5.32 Å². The number of carbonyl (C=O) groups is 2. The van der Waals surface area contributed by atoms with Crippen molar-refractivity contribution in [2.45, 2.75) is 334 Å². The molecule has 0 bridgehead atoms. The zero-order valence-electron chi connectivity index (χ0n) is 44.4. The fourth-order valence-corrected chi connectivity index (χ4v) is 9.16. The summed E-state index contributed by atoms with van der Waals surface area (Å²) in [7, 11) is 0. The monoisotopic (exact) mass is 930 g/mol. The van der Waals surface area contributed by atoms with Gasteiger partial charge in [-0.2, -0.15) is 0 Å². The van der Waals surface area contributed by atoms with Crippen molar-refractivity contribution in [2.75, 3.05) is 13.2 Å². The summed E-state index contributed by atoms with van der Waals surface area (Å²) >= 11 is 0. The Morgan fingerprint density at radius 3 is 1.08 bits per heavy atom. The minimum absolute atomic E-state index is 0.00345. The van der Waals surface area contributed by atoms with Gasteiger partial charge < -0.3 is 20.3 Å². The molecule has 0 aliphatic heterocycles. The Hall–Kier alpha value is -1.66. The van der Waals surface area contributed by atoms with Gasteiger partial charge in [-0.05, 0) is 77.0 Å². The van der Waals surface area contributed by atoms with Gasteiger partial charge in [-0.15, -0.1) is 0 Å². The van der Waals surface area contributed by atoms with Crippen LogP contribution in [-0.4, -0.2) is 47.4 Å². The molecule has 0 spiro atoms. The van der Waals surface area contributed by atoms with E-state index in [2.05, 4.69) is 43.5 Å². The second-order valence-electron chi connectivity index (χ2n) is 20.3. The fraction of sp³-hybridized carbons (Fsp3) is 0.900. The van der Waals surface area contributed by atoms with Crippen LogP contribution in [0, 0.1) is 0 Å². The summed E-state index contributed by atoms with van der Waals surface area (Å²) in [6.45, 7) is 4.94. The molecular weight excluding hydrogens is 815 g/mol. The van der Waals surface area contributed by atoms with Gasteiger partial charge in [-0.1, -0.05) is 256 Å². The first-order valence-corrected chi connectivity index (χ1v) is 29.6. The van der Waals surface area contributed by atoms with Gasteiger partial charge in [0.1, 0.15) is 0 Å². The third-order valence-corrected chi connectivity index (χ3v) is 13.7. The van der Waals surface area contributed by atoms with Gasteiger partial charge >= 0.3 is 5.97 Å². The molecule has 2 unspecified atom stereocenters. The zero-order chi connectivity index (χ0) is 47.9. The summed E-state index contributed by atoms with van der Waals surface area (Å²) in [5, 5.41) is 23.2. The lowest BCUT2D eigenvalue weighted by atomic mass is 10.0. The van der Waals surface area contributed by atoms with E-state index < -0.39 is 12.1 Å². The van der Waals surface area contributed by atoms with Crippen LogP contribution >= 0.6 is 0 Å². The van der Waals surface area contributed by atoms with Crippen molar-refractivity contribution in [2.24, 2.45) is 0 Å². The van der Waals surface area contributed by atoms with Crippen LogP contribution in [-0.2, 0) is 14.3 Å². The van der Waals surface area contributed by atoms with Gasteiger partial charge in [0.2, 0.25) is 5.91 Å². The Morgan fingerprint density at radius 2 is 0.712 bits per heavy atom. The molecule has 0 saturated carbocycles. The maximum Gasteiger partial charge on any atom is 0.305 e. The average molecular weight is 931 g/mol. The van der Waals surface area contributed by atoms with Crippen molar-refractivity contribution in [3.63, 3.8) is 0 Å². The Morgan fingerprint density at radius 1 is 0.409 bits per heavy atom. The lowest BCUT2D eigenvalue weighted by molar-refractivity contribution is -0.143. The summed E-state index contributed by atoms with van der Waals surface area (Å²) in [5.41, 5.74) is 0. The molecule has 0 aromatic carbocycles. The Balaban J connectivity index is 3.40. The zero-order valence-corrected chi connectivity index (χ0v) is 44.4. The molecule has 390 valence electrons. The van der Waals surface area contributed by atoms with Crippen molar-refractivity contribution >= 4 is 11.9 Å². The maximum atomic E-state index is 12.4. The van der Waals surface area contributed by atoms with Gasteiger partial charge in [-0.25, -0.2) is 0 Å².